The fourth-order valence-electron chi connectivity index (χ4n) is 4.36. The summed E-state index contributed by atoms with van der Waals surface area (Å²) in [6.07, 6.45) is 6.30. The van der Waals surface area contributed by atoms with Crippen LogP contribution in [-0.2, 0) is 4.79 Å². The number of carbonyl (C=O) groups is 1. The molecule has 0 bridgehead atoms. The van der Waals surface area contributed by atoms with Gasteiger partial charge in [0.1, 0.15) is 5.75 Å². The molecule has 4 rings (SSSR count). The highest BCUT2D eigenvalue weighted by Crippen LogP contribution is 2.27. The first kappa shape index (κ1) is 23.0. The van der Waals surface area contributed by atoms with E-state index in [-0.39, 0.29) is 11.9 Å². The van der Waals surface area contributed by atoms with E-state index in [0.29, 0.717) is 6.54 Å². The maximum absolute atomic E-state index is 12.3. The molecule has 172 valence electrons. The Morgan fingerprint density at radius 1 is 1.24 bits per heavy atom. The maximum Gasteiger partial charge on any atom is 0.244 e. The Balaban J connectivity index is 1.30. The number of ether oxygens (including phenoxy) is 1. The first-order valence-electron chi connectivity index (χ1n) is 11.4. The first-order chi connectivity index (χ1) is 16.0. The van der Waals surface area contributed by atoms with Gasteiger partial charge in [-0.2, -0.15) is 0 Å². The number of nitrogens with zero attached hydrogens (tertiary/aromatic N) is 2. The largest absolute Gasteiger partial charge is 0.497 e. The van der Waals surface area contributed by atoms with Gasteiger partial charge >= 0.3 is 0 Å². The number of hydrogen-bond acceptors (Lipinski definition) is 5. The standard InChI is InChI=1S/C27H31N3O3/c1-19-4-3-5-20(16-19)6-9-27(32)29-21-11-14-30(15-12-21)18-26(31)23-10-13-28-25-8-7-22(33-2)17-24(23)25/h3-10,13,16-17,21,26,31H,11-12,14-15,18H2,1-2H3,(H,29,32)/b9-6+/t26-/m0/s1. The second-order valence-electron chi connectivity index (χ2n) is 8.63. The second kappa shape index (κ2) is 10.6. The molecule has 2 heterocycles. The highest BCUT2D eigenvalue weighted by Gasteiger charge is 2.23. The van der Waals surface area contributed by atoms with Gasteiger partial charge in [0, 0.05) is 43.3 Å². The lowest BCUT2D eigenvalue weighted by Crippen LogP contribution is -2.45. The van der Waals surface area contributed by atoms with Crippen molar-refractivity contribution >= 4 is 22.9 Å². The van der Waals surface area contributed by atoms with Crippen molar-refractivity contribution in [2.24, 2.45) is 0 Å². The van der Waals surface area contributed by atoms with Crippen LogP contribution in [-0.4, -0.2) is 53.7 Å². The topological polar surface area (TPSA) is 74.7 Å². The maximum atomic E-state index is 12.3. The third-order valence-electron chi connectivity index (χ3n) is 6.18. The van der Waals surface area contributed by atoms with Crippen molar-refractivity contribution in [2.45, 2.75) is 31.9 Å². The molecular formula is C27H31N3O3. The molecular weight excluding hydrogens is 414 g/mol. The average Bonchev–Trinajstić information content (AvgIpc) is 2.83. The average molecular weight is 446 g/mol. The van der Waals surface area contributed by atoms with Gasteiger partial charge in [-0.25, -0.2) is 0 Å². The lowest BCUT2D eigenvalue weighted by molar-refractivity contribution is -0.117. The number of likely N-dealkylation sites (tertiary alicyclic amines) is 1. The number of piperidine rings is 1. The van der Waals surface area contributed by atoms with Gasteiger partial charge in [-0.3, -0.25) is 9.78 Å². The quantitative estimate of drug-likeness (QED) is 0.540. The first-order valence-corrected chi connectivity index (χ1v) is 11.4. The van der Waals surface area contributed by atoms with Crippen molar-refractivity contribution < 1.29 is 14.6 Å². The summed E-state index contributed by atoms with van der Waals surface area (Å²) < 4.78 is 5.34. The number of nitrogens with one attached hydrogen (secondary N) is 1. The number of amides is 1. The van der Waals surface area contributed by atoms with E-state index in [1.807, 2.05) is 55.5 Å². The molecule has 0 aliphatic carbocycles. The highest BCUT2D eigenvalue weighted by atomic mass is 16.5. The van der Waals surface area contributed by atoms with E-state index in [4.69, 9.17) is 4.74 Å². The van der Waals surface area contributed by atoms with Gasteiger partial charge in [0.25, 0.3) is 0 Å². The number of aryl methyl sites for hydroxylation is 1. The molecule has 0 spiro atoms. The van der Waals surface area contributed by atoms with Crippen LogP contribution < -0.4 is 10.1 Å². The SMILES string of the molecule is COc1ccc2nccc([C@@H](O)CN3CCC(NC(=O)/C=C/c4cccc(C)c4)CC3)c2c1. The summed E-state index contributed by atoms with van der Waals surface area (Å²) in [4.78, 5) is 19.0. The minimum absolute atomic E-state index is 0.0628. The van der Waals surface area contributed by atoms with Crippen molar-refractivity contribution in [2.75, 3.05) is 26.7 Å². The van der Waals surface area contributed by atoms with Crippen molar-refractivity contribution in [3.8, 4) is 5.75 Å². The summed E-state index contributed by atoms with van der Waals surface area (Å²) in [6, 6.07) is 15.8. The highest BCUT2D eigenvalue weighted by molar-refractivity contribution is 5.92. The molecule has 1 amide bonds. The van der Waals surface area contributed by atoms with Gasteiger partial charge < -0.3 is 20.1 Å². The molecule has 1 aliphatic heterocycles. The fraction of sp³-hybridized carbons (Fsp3) is 0.333. The number of aliphatic hydroxyl groups is 1. The summed E-state index contributed by atoms with van der Waals surface area (Å²) >= 11 is 0. The zero-order valence-electron chi connectivity index (χ0n) is 19.2. The van der Waals surface area contributed by atoms with Gasteiger partial charge in [0.2, 0.25) is 5.91 Å². The van der Waals surface area contributed by atoms with Crippen LogP contribution in [0.15, 0.2) is 60.8 Å². The Bertz CT molecular complexity index is 1140. The van der Waals surface area contributed by atoms with Gasteiger partial charge in [-0.05, 0) is 61.2 Å². The third-order valence-corrected chi connectivity index (χ3v) is 6.18. The summed E-state index contributed by atoms with van der Waals surface area (Å²) in [6.45, 7) is 4.24. The molecule has 2 N–H and O–H groups in total. The van der Waals surface area contributed by atoms with E-state index in [0.717, 1.165) is 53.7 Å². The number of hydrogen-bond donors (Lipinski definition) is 2. The van der Waals surface area contributed by atoms with Crippen LogP contribution >= 0.6 is 0 Å². The van der Waals surface area contributed by atoms with Crippen LogP contribution in [0.25, 0.3) is 17.0 Å². The van der Waals surface area contributed by atoms with Gasteiger partial charge in [0.15, 0.2) is 0 Å². The van der Waals surface area contributed by atoms with Crippen molar-refractivity contribution in [3.63, 3.8) is 0 Å². The molecule has 2 aromatic carbocycles. The van der Waals surface area contributed by atoms with Gasteiger partial charge in [0.05, 0.1) is 18.7 Å². The van der Waals surface area contributed by atoms with E-state index in [1.165, 1.54) is 5.56 Å². The fourth-order valence-corrected chi connectivity index (χ4v) is 4.36. The van der Waals surface area contributed by atoms with E-state index in [2.05, 4.69) is 21.3 Å². The Hall–Kier alpha value is -3.22. The molecule has 0 saturated carbocycles. The second-order valence-corrected chi connectivity index (χ2v) is 8.63. The van der Waals surface area contributed by atoms with E-state index >= 15 is 0 Å². The lowest BCUT2D eigenvalue weighted by Gasteiger charge is -2.33. The molecule has 6 heteroatoms. The number of carbonyl (C=O) groups excluding carboxylic acids is 1. The lowest BCUT2D eigenvalue weighted by atomic mass is 10.0. The summed E-state index contributed by atoms with van der Waals surface area (Å²) in [5.74, 6) is 0.684. The zero-order chi connectivity index (χ0) is 23.2. The minimum atomic E-state index is -0.619. The summed E-state index contributed by atoms with van der Waals surface area (Å²) in [7, 11) is 1.63. The van der Waals surface area contributed by atoms with E-state index in [9.17, 15) is 9.90 Å². The number of pyridine rings is 1. The Morgan fingerprint density at radius 2 is 2.06 bits per heavy atom. The van der Waals surface area contributed by atoms with E-state index < -0.39 is 6.10 Å². The smallest absolute Gasteiger partial charge is 0.244 e. The van der Waals surface area contributed by atoms with Crippen LogP contribution in [0.3, 0.4) is 0 Å². The number of methoxy groups -OCH3 is 1. The summed E-state index contributed by atoms with van der Waals surface area (Å²) in [5.41, 5.74) is 3.89. The molecule has 1 fully saturated rings. The van der Waals surface area contributed by atoms with Gasteiger partial charge in [-0.15, -0.1) is 0 Å². The van der Waals surface area contributed by atoms with Crippen LogP contribution in [0, 0.1) is 6.92 Å². The molecule has 0 unspecified atom stereocenters. The monoisotopic (exact) mass is 445 g/mol. The van der Waals surface area contributed by atoms with Crippen LogP contribution in [0.2, 0.25) is 0 Å². The number of fused-ring (bicyclic) bond motifs is 1. The number of benzene rings is 2. The van der Waals surface area contributed by atoms with Crippen LogP contribution in [0.5, 0.6) is 5.75 Å². The Kier molecular flexibility index (Phi) is 7.37. The molecule has 1 aromatic heterocycles. The van der Waals surface area contributed by atoms with Gasteiger partial charge in [-0.1, -0.05) is 29.8 Å². The number of β-amino-alcohol motifs (C(OH)–C–C–N with tert-alkyl or cyclic N) is 1. The molecule has 1 saturated heterocycles. The predicted octanol–water partition coefficient (Wildman–Crippen LogP) is 3.88. The van der Waals surface area contributed by atoms with Crippen molar-refractivity contribution in [3.05, 3.63) is 77.5 Å². The van der Waals surface area contributed by atoms with Crippen LogP contribution in [0.1, 0.15) is 35.6 Å². The molecule has 33 heavy (non-hydrogen) atoms. The van der Waals surface area contributed by atoms with Crippen LogP contribution in [0.4, 0.5) is 0 Å². The molecule has 3 aromatic rings. The minimum Gasteiger partial charge on any atom is -0.497 e. The molecule has 6 nitrogen and oxygen atoms in total. The molecule has 1 aliphatic rings. The Labute approximate surface area is 194 Å². The normalized spacial score (nSPS) is 16.2. The molecule has 1 atom stereocenters. The third kappa shape index (κ3) is 5.97. The number of aromatic nitrogens is 1. The predicted molar refractivity (Wildman–Crippen MR) is 131 cm³/mol. The summed E-state index contributed by atoms with van der Waals surface area (Å²) in [5, 5.41) is 15.0. The zero-order valence-corrected chi connectivity index (χ0v) is 19.2. The number of aliphatic hydroxyl groups excluding tert-OH is 1. The number of rotatable bonds is 7. The molecule has 0 radical (unpaired) electrons. The van der Waals surface area contributed by atoms with Crippen molar-refractivity contribution in [1.82, 2.24) is 15.2 Å². The Morgan fingerprint density at radius 3 is 2.82 bits per heavy atom. The van der Waals surface area contributed by atoms with Crippen molar-refractivity contribution in [1.29, 1.82) is 0 Å². The van der Waals surface area contributed by atoms with E-state index in [1.54, 1.807) is 19.4 Å².